The number of nitrogens with zero attached hydrogens (tertiary/aromatic N) is 1. The van der Waals surface area contributed by atoms with E-state index in [1.807, 2.05) is 31.2 Å². The lowest BCUT2D eigenvalue weighted by molar-refractivity contribution is 0.415. The average Bonchev–Trinajstić information content (AvgIpc) is 2.80. The summed E-state index contributed by atoms with van der Waals surface area (Å²) in [7, 11) is 1.59. The van der Waals surface area contributed by atoms with Crippen LogP contribution in [0.5, 0.6) is 5.75 Å². The standard InChI is InChI=1S/C15H14ClN3OS/c1-8-18-13-7-12(11(17)6-15(13)21-8)19-9-3-4-10(16)14(5-9)20-2/h3-7,19H,17H2,1-2H3. The average molecular weight is 320 g/mol. The first-order valence-corrected chi connectivity index (χ1v) is 7.53. The number of nitrogens with two attached hydrogens (primary N) is 1. The molecule has 3 rings (SSSR count). The van der Waals surface area contributed by atoms with Gasteiger partial charge in [0, 0.05) is 11.8 Å². The van der Waals surface area contributed by atoms with Gasteiger partial charge in [-0.15, -0.1) is 11.3 Å². The number of aromatic nitrogens is 1. The summed E-state index contributed by atoms with van der Waals surface area (Å²) >= 11 is 7.66. The first-order valence-electron chi connectivity index (χ1n) is 6.34. The molecule has 0 amide bonds. The Hall–Kier alpha value is -1.98. The molecule has 0 fully saturated rings. The van der Waals surface area contributed by atoms with E-state index in [-0.39, 0.29) is 0 Å². The molecule has 0 aliphatic carbocycles. The molecule has 0 atom stereocenters. The third kappa shape index (κ3) is 2.75. The van der Waals surface area contributed by atoms with Gasteiger partial charge >= 0.3 is 0 Å². The van der Waals surface area contributed by atoms with E-state index in [2.05, 4.69) is 10.3 Å². The summed E-state index contributed by atoms with van der Waals surface area (Å²) in [6.45, 7) is 1.98. The molecule has 0 spiro atoms. The zero-order valence-electron chi connectivity index (χ0n) is 11.6. The molecule has 3 aromatic rings. The van der Waals surface area contributed by atoms with Gasteiger partial charge in [0.05, 0.1) is 38.7 Å². The smallest absolute Gasteiger partial charge is 0.139 e. The second kappa shape index (κ2) is 5.42. The quantitative estimate of drug-likeness (QED) is 0.693. The largest absolute Gasteiger partial charge is 0.495 e. The molecule has 0 aliphatic rings. The van der Waals surface area contributed by atoms with Gasteiger partial charge in [-0.05, 0) is 31.2 Å². The van der Waals surface area contributed by atoms with Gasteiger partial charge < -0.3 is 15.8 Å². The lowest BCUT2D eigenvalue weighted by Crippen LogP contribution is -1.97. The van der Waals surface area contributed by atoms with Gasteiger partial charge in [-0.3, -0.25) is 0 Å². The number of hydrogen-bond donors (Lipinski definition) is 2. The minimum atomic E-state index is 0.571. The zero-order valence-corrected chi connectivity index (χ0v) is 13.2. The summed E-state index contributed by atoms with van der Waals surface area (Å²) in [4.78, 5) is 4.48. The number of thiazole rings is 1. The number of aryl methyl sites for hydroxylation is 1. The molecule has 0 unspecified atom stereocenters. The number of nitrogen functional groups attached to an aromatic ring is 1. The molecule has 21 heavy (non-hydrogen) atoms. The summed E-state index contributed by atoms with van der Waals surface area (Å²) < 4.78 is 6.30. The number of benzene rings is 2. The Kier molecular flexibility index (Phi) is 3.61. The normalized spacial score (nSPS) is 10.8. The van der Waals surface area contributed by atoms with Crippen LogP contribution in [0.2, 0.25) is 5.02 Å². The molecule has 108 valence electrons. The van der Waals surface area contributed by atoms with Crippen molar-refractivity contribution in [2.45, 2.75) is 6.92 Å². The van der Waals surface area contributed by atoms with Crippen LogP contribution in [0.4, 0.5) is 17.1 Å². The maximum Gasteiger partial charge on any atom is 0.139 e. The topological polar surface area (TPSA) is 60.2 Å². The highest BCUT2D eigenvalue weighted by molar-refractivity contribution is 7.18. The van der Waals surface area contributed by atoms with E-state index < -0.39 is 0 Å². The maximum absolute atomic E-state index is 6.10. The number of fused-ring (bicyclic) bond motifs is 1. The molecule has 0 radical (unpaired) electrons. The van der Waals surface area contributed by atoms with Crippen molar-refractivity contribution in [1.29, 1.82) is 0 Å². The molecule has 0 bridgehead atoms. The minimum absolute atomic E-state index is 0.571. The summed E-state index contributed by atoms with van der Waals surface area (Å²) in [5.41, 5.74) is 9.40. The van der Waals surface area contributed by atoms with Crippen LogP contribution < -0.4 is 15.8 Å². The predicted molar refractivity (Wildman–Crippen MR) is 90.1 cm³/mol. The van der Waals surface area contributed by atoms with Crippen molar-refractivity contribution in [3.05, 3.63) is 40.4 Å². The summed E-state index contributed by atoms with van der Waals surface area (Å²) in [6.07, 6.45) is 0. The van der Waals surface area contributed by atoms with Crippen molar-refractivity contribution >= 4 is 50.2 Å². The van der Waals surface area contributed by atoms with E-state index >= 15 is 0 Å². The molecule has 1 heterocycles. The Labute approximate surface area is 131 Å². The SMILES string of the molecule is COc1cc(Nc2cc3nc(C)sc3cc2N)ccc1Cl. The van der Waals surface area contributed by atoms with E-state index in [1.54, 1.807) is 24.5 Å². The van der Waals surface area contributed by atoms with Gasteiger partial charge in [-0.1, -0.05) is 11.6 Å². The van der Waals surface area contributed by atoms with Crippen LogP contribution in [0.25, 0.3) is 10.2 Å². The van der Waals surface area contributed by atoms with Crippen molar-refractivity contribution in [2.24, 2.45) is 0 Å². The molecule has 0 saturated carbocycles. The van der Waals surface area contributed by atoms with E-state index in [0.29, 0.717) is 16.5 Å². The summed E-state index contributed by atoms with van der Waals surface area (Å²) in [6, 6.07) is 9.38. The Balaban J connectivity index is 1.99. The number of methoxy groups -OCH3 is 1. The van der Waals surface area contributed by atoms with Gasteiger partial charge in [-0.2, -0.15) is 0 Å². The van der Waals surface area contributed by atoms with Crippen LogP contribution in [0.15, 0.2) is 30.3 Å². The van der Waals surface area contributed by atoms with Gasteiger partial charge in [0.15, 0.2) is 0 Å². The van der Waals surface area contributed by atoms with Crippen LogP contribution in [0, 0.1) is 6.92 Å². The lowest BCUT2D eigenvalue weighted by Gasteiger charge is -2.11. The van der Waals surface area contributed by atoms with Crippen LogP contribution in [-0.4, -0.2) is 12.1 Å². The van der Waals surface area contributed by atoms with E-state index in [0.717, 1.165) is 26.6 Å². The number of hydrogen-bond acceptors (Lipinski definition) is 5. The molecule has 0 aliphatic heterocycles. The number of anilines is 3. The van der Waals surface area contributed by atoms with Crippen molar-refractivity contribution in [3.63, 3.8) is 0 Å². The predicted octanol–water partition coefficient (Wildman–Crippen LogP) is 4.59. The molecule has 3 N–H and O–H groups in total. The number of ether oxygens (including phenoxy) is 1. The first kappa shape index (κ1) is 14.0. The first-order chi connectivity index (χ1) is 10.1. The molecule has 4 nitrogen and oxygen atoms in total. The second-order valence-corrected chi connectivity index (χ2v) is 6.26. The summed E-state index contributed by atoms with van der Waals surface area (Å²) in [5, 5.41) is 4.87. The monoisotopic (exact) mass is 319 g/mol. The van der Waals surface area contributed by atoms with Crippen molar-refractivity contribution < 1.29 is 4.74 Å². The Morgan fingerprint density at radius 3 is 2.86 bits per heavy atom. The van der Waals surface area contributed by atoms with Crippen molar-refractivity contribution in [2.75, 3.05) is 18.2 Å². The number of nitrogens with one attached hydrogen (secondary N) is 1. The molecule has 2 aromatic carbocycles. The van der Waals surface area contributed by atoms with Gasteiger partial charge in [0.2, 0.25) is 0 Å². The number of halogens is 1. The Bertz CT molecular complexity index is 816. The van der Waals surface area contributed by atoms with Crippen LogP contribution in [0.1, 0.15) is 5.01 Å². The molecule has 1 aromatic heterocycles. The molecular formula is C15H14ClN3OS. The lowest BCUT2D eigenvalue weighted by atomic mass is 10.2. The van der Waals surface area contributed by atoms with E-state index in [4.69, 9.17) is 22.1 Å². The van der Waals surface area contributed by atoms with Crippen molar-refractivity contribution in [1.82, 2.24) is 4.98 Å². The fraction of sp³-hybridized carbons (Fsp3) is 0.133. The summed E-state index contributed by atoms with van der Waals surface area (Å²) in [5.74, 6) is 0.616. The van der Waals surface area contributed by atoms with E-state index in [9.17, 15) is 0 Å². The highest BCUT2D eigenvalue weighted by atomic mass is 35.5. The fourth-order valence-corrected chi connectivity index (χ4v) is 3.16. The minimum Gasteiger partial charge on any atom is -0.495 e. The molecular weight excluding hydrogens is 306 g/mol. The zero-order chi connectivity index (χ0) is 15.0. The van der Waals surface area contributed by atoms with Gasteiger partial charge in [-0.25, -0.2) is 4.98 Å². The third-order valence-corrected chi connectivity index (χ3v) is 4.34. The molecule has 0 saturated heterocycles. The van der Waals surface area contributed by atoms with Crippen LogP contribution in [0.3, 0.4) is 0 Å². The Morgan fingerprint density at radius 2 is 2.10 bits per heavy atom. The van der Waals surface area contributed by atoms with Crippen LogP contribution >= 0.6 is 22.9 Å². The Morgan fingerprint density at radius 1 is 1.29 bits per heavy atom. The third-order valence-electron chi connectivity index (χ3n) is 3.10. The fourth-order valence-electron chi connectivity index (χ4n) is 2.11. The number of rotatable bonds is 3. The maximum atomic E-state index is 6.10. The van der Waals surface area contributed by atoms with Gasteiger partial charge in [0.25, 0.3) is 0 Å². The second-order valence-electron chi connectivity index (χ2n) is 4.61. The highest BCUT2D eigenvalue weighted by Gasteiger charge is 2.08. The van der Waals surface area contributed by atoms with Crippen LogP contribution in [-0.2, 0) is 0 Å². The molecule has 6 heteroatoms. The van der Waals surface area contributed by atoms with Gasteiger partial charge in [0.1, 0.15) is 5.75 Å². The van der Waals surface area contributed by atoms with Crippen molar-refractivity contribution in [3.8, 4) is 5.75 Å². The highest BCUT2D eigenvalue weighted by Crippen LogP contribution is 2.33. The van der Waals surface area contributed by atoms with E-state index in [1.165, 1.54) is 0 Å².